The van der Waals surface area contributed by atoms with Gasteiger partial charge in [0.15, 0.2) is 8.32 Å². The fraction of sp³-hybridized carbons (Fsp3) is 0.364. The van der Waals surface area contributed by atoms with Gasteiger partial charge in [0.1, 0.15) is 10.6 Å². The summed E-state index contributed by atoms with van der Waals surface area (Å²) in [6.45, 7) is 15.0. The van der Waals surface area contributed by atoms with Gasteiger partial charge in [-0.3, -0.25) is 9.62 Å². The van der Waals surface area contributed by atoms with Crippen molar-refractivity contribution in [1.29, 1.82) is 0 Å². The number of nitrogens with zero attached hydrogens (tertiary/aromatic N) is 2. The number of sulfonamides is 1. The third kappa shape index (κ3) is 8.34. The van der Waals surface area contributed by atoms with Crippen LogP contribution in [0.15, 0.2) is 113 Å². The number of fused-ring (bicyclic) bond motifs is 1. The molecule has 0 bridgehead atoms. The average molecular weight is 848 g/mol. The molecule has 1 unspecified atom stereocenters. The Morgan fingerprint density at radius 2 is 1.52 bits per heavy atom. The number of anilines is 1. The fourth-order valence-corrected chi connectivity index (χ4v) is 11.0. The number of hydrogen-bond acceptors (Lipinski definition) is 7. The molecular formula is C44H48F3N3O5S2Si. The molecule has 4 aromatic carbocycles. The minimum Gasteiger partial charge on any atom is -0.443 e. The topological polar surface area (TPSA) is 97.8 Å². The summed E-state index contributed by atoms with van der Waals surface area (Å²) in [4.78, 5) is 20.4. The number of alkyl halides is 3. The van der Waals surface area contributed by atoms with Crippen molar-refractivity contribution in [2.45, 2.75) is 106 Å². The number of nitrogens with one attached hydrogen (secondary N) is 1. The quantitative estimate of drug-likeness (QED) is 0.141. The van der Waals surface area contributed by atoms with Gasteiger partial charge in [0.25, 0.3) is 10.0 Å². The molecule has 2 saturated heterocycles. The third-order valence-electron chi connectivity index (χ3n) is 11.8. The molecule has 0 radical (unpaired) electrons. The van der Waals surface area contributed by atoms with Crippen LogP contribution in [0.4, 0.5) is 23.7 Å². The predicted molar refractivity (Wildman–Crippen MR) is 225 cm³/mol. The van der Waals surface area contributed by atoms with Crippen molar-refractivity contribution in [3.05, 3.63) is 125 Å². The number of cyclic esters (lactones) is 1. The summed E-state index contributed by atoms with van der Waals surface area (Å²) in [5, 5.41) is 2.32. The van der Waals surface area contributed by atoms with Gasteiger partial charge in [0.2, 0.25) is 0 Å². The highest BCUT2D eigenvalue weighted by Gasteiger charge is 2.56. The molecule has 58 heavy (non-hydrogen) atoms. The maximum atomic E-state index is 13.9. The van der Waals surface area contributed by atoms with E-state index in [0.717, 1.165) is 36.1 Å². The number of thiazole rings is 1. The van der Waals surface area contributed by atoms with Crippen LogP contribution in [-0.4, -0.2) is 50.4 Å². The van der Waals surface area contributed by atoms with Crippen LogP contribution in [0.5, 0.6) is 0 Å². The molecule has 1 amide bonds. The van der Waals surface area contributed by atoms with Crippen LogP contribution < -0.4 is 4.72 Å². The highest BCUT2D eigenvalue weighted by Crippen LogP contribution is 2.51. The van der Waals surface area contributed by atoms with Crippen molar-refractivity contribution < 1.29 is 35.5 Å². The molecule has 0 saturated carbocycles. The van der Waals surface area contributed by atoms with Crippen LogP contribution in [0.2, 0.25) is 18.1 Å². The van der Waals surface area contributed by atoms with E-state index in [9.17, 15) is 26.4 Å². The molecule has 0 spiro atoms. The molecule has 2 aliphatic rings. The zero-order valence-electron chi connectivity index (χ0n) is 33.5. The van der Waals surface area contributed by atoms with E-state index in [1.165, 1.54) is 35.6 Å². The summed E-state index contributed by atoms with van der Waals surface area (Å²) in [7, 11) is -6.22. The van der Waals surface area contributed by atoms with E-state index in [1.54, 1.807) is 29.6 Å². The number of rotatable bonds is 10. The molecular weight excluding hydrogens is 800 g/mol. The van der Waals surface area contributed by atoms with Crippen molar-refractivity contribution in [2.24, 2.45) is 0 Å². The van der Waals surface area contributed by atoms with E-state index >= 15 is 0 Å². The van der Waals surface area contributed by atoms with Crippen LogP contribution in [-0.2, 0) is 25.4 Å². The Labute approximate surface area is 343 Å². The zero-order chi connectivity index (χ0) is 41.8. The number of amides is 1. The van der Waals surface area contributed by atoms with Crippen LogP contribution in [0.25, 0.3) is 21.8 Å². The number of carbonyl (C=O) groups excluding carboxylic acids is 1. The molecule has 4 atom stereocenters. The Kier molecular flexibility index (Phi) is 11.0. The lowest BCUT2D eigenvalue weighted by atomic mass is 9.77. The third-order valence-corrected chi connectivity index (χ3v) is 18.6. The van der Waals surface area contributed by atoms with Crippen LogP contribution >= 0.6 is 11.3 Å². The van der Waals surface area contributed by atoms with Gasteiger partial charge in [-0.15, -0.1) is 11.3 Å². The van der Waals surface area contributed by atoms with Crippen LogP contribution in [0, 0.1) is 0 Å². The van der Waals surface area contributed by atoms with Crippen molar-refractivity contribution in [2.75, 3.05) is 4.72 Å². The van der Waals surface area contributed by atoms with E-state index in [-0.39, 0.29) is 40.1 Å². The van der Waals surface area contributed by atoms with Crippen molar-refractivity contribution >= 4 is 41.5 Å². The average Bonchev–Trinajstić information content (AvgIpc) is 3.83. The lowest BCUT2D eigenvalue weighted by molar-refractivity contribution is -0.137. The Hall–Kier alpha value is -4.50. The number of hydrogen-bond donors (Lipinski definition) is 1. The smallest absolute Gasteiger partial charge is 0.416 e. The van der Waals surface area contributed by atoms with Gasteiger partial charge in [-0.05, 0) is 92.3 Å². The SMILES string of the molecule is CC1(C)OC(=O)N2[C@@H]([C@H](O[Si](C)(C)C(C)(C)C)c3ccccc3)CC[C@H]2C1c1ccc(NS(=O)(=O)c2ccc(-c3nc(-c4ccc(C(F)(F)F)cc4)cs3)cc2)cc1. The van der Waals surface area contributed by atoms with Gasteiger partial charge >= 0.3 is 12.3 Å². The monoisotopic (exact) mass is 847 g/mol. The van der Waals surface area contributed by atoms with E-state index in [1.807, 2.05) is 49.1 Å². The second-order valence-electron chi connectivity index (χ2n) is 17.1. The van der Waals surface area contributed by atoms with Crippen LogP contribution in [0.1, 0.15) is 76.2 Å². The lowest BCUT2D eigenvalue weighted by Crippen LogP contribution is -2.58. The standard InChI is InChI=1S/C44H48F3N3O5S2Si/c1-42(2,3)58(6,7)55-39(30-11-9-8-10-12-30)37-26-25-36-38(43(4,5)54-41(51)50(36)37)29-15-21-33(22-16-29)49-57(52,53)34-23-17-31(18-24-34)40-48-35(27-56-40)28-13-19-32(20-14-28)44(45,46)47/h8-24,27,36-39,49H,25-26H2,1-7H3/t36-,37+,38?,39+/m0/s1. The largest absolute Gasteiger partial charge is 0.443 e. The first-order valence-corrected chi connectivity index (χ1v) is 24.5. The van der Waals surface area contributed by atoms with Gasteiger partial charge < -0.3 is 9.16 Å². The summed E-state index contributed by atoms with van der Waals surface area (Å²) in [5.74, 6) is -0.191. The number of halogens is 3. The van der Waals surface area contributed by atoms with Gasteiger partial charge in [0.05, 0.1) is 28.3 Å². The Morgan fingerprint density at radius 1 is 0.897 bits per heavy atom. The van der Waals surface area contributed by atoms with Crippen molar-refractivity contribution in [3.8, 4) is 21.8 Å². The molecule has 2 fully saturated rings. The Bertz CT molecular complexity index is 2360. The second-order valence-corrected chi connectivity index (χ2v) is 24.4. The minimum atomic E-state index is -4.42. The maximum Gasteiger partial charge on any atom is 0.416 e. The molecule has 2 aliphatic heterocycles. The molecule has 14 heteroatoms. The molecule has 306 valence electrons. The highest BCUT2D eigenvalue weighted by atomic mass is 32.2. The van der Waals surface area contributed by atoms with E-state index < -0.39 is 35.7 Å². The number of ether oxygens (including phenoxy) is 1. The summed E-state index contributed by atoms with van der Waals surface area (Å²) < 4.78 is 82.0. The van der Waals surface area contributed by atoms with Gasteiger partial charge in [-0.1, -0.05) is 87.5 Å². The summed E-state index contributed by atoms with van der Waals surface area (Å²) in [5.41, 5.74) is 2.54. The van der Waals surface area contributed by atoms with Gasteiger partial charge in [-0.25, -0.2) is 18.2 Å². The first-order valence-electron chi connectivity index (χ1n) is 19.3. The summed E-state index contributed by atoms with van der Waals surface area (Å²) in [6.07, 6.45) is -3.58. The van der Waals surface area contributed by atoms with Crippen LogP contribution in [0.3, 0.4) is 0 Å². The van der Waals surface area contributed by atoms with E-state index in [2.05, 4.69) is 55.7 Å². The number of carbonyl (C=O) groups is 1. The minimum absolute atomic E-state index is 0.0347. The van der Waals surface area contributed by atoms with Crippen molar-refractivity contribution in [1.82, 2.24) is 9.88 Å². The molecule has 1 N–H and O–H groups in total. The molecule has 0 aliphatic carbocycles. The number of aromatic nitrogens is 1. The molecule has 3 heterocycles. The van der Waals surface area contributed by atoms with E-state index in [0.29, 0.717) is 27.5 Å². The molecule has 5 aromatic rings. The molecule has 7 rings (SSSR count). The first kappa shape index (κ1) is 41.6. The van der Waals surface area contributed by atoms with Gasteiger partial charge in [0, 0.05) is 34.2 Å². The zero-order valence-corrected chi connectivity index (χ0v) is 36.1. The molecule has 1 aromatic heterocycles. The number of benzene rings is 4. The molecule has 8 nitrogen and oxygen atoms in total. The first-order chi connectivity index (χ1) is 27.1. The highest BCUT2D eigenvalue weighted by molar-refractivity contribution is 7.92. The Balaban J connectivity index is 1.07. The van der Waals surface area contributed by atoms with Gasteiger partial charge in [-0.2, -0.15) is 13.2 Å². The second kappa shape index (κ2) is 15.3. The van der Waals surface area contributed by atoms with Crippen molar-refractivity contribution in [3.63, 3.8) is 0 Å². The van der Waals surface area contributed by atoms with E-state index in [4.69, 9.17) is 9.16 Å². The fourth-order valence-electron chi connectivity index (χ4n) is 7.81. The normalized spacial score (nSPS) is 20.3. The summed E-state index contributed by atoms with van der Waals surface area (Å²) in [6, 6.07) is 28.1. The predicted octanol–water partition coefficient (Wildman–Crippen LogP) is 11.9. The lowest BCUT2D eigenvalue weighted by Gasteiger charge is -2.49. The summed E-state index contributed by atoms with van der Waals surface area (Å²) >= 11 is 1.31. The maximum absolute atomic E-state index is 13.9. The Morgan fingerprint density at radius 3 is 2.12 bits per heavy atom.